The molecule has 3 aromatic heterocycles. The number of aromatic nitrogens is 4. The van der Waals surface area contributed by atoms with Crippen LogP contribution in [-0.4, -0.2) is 25.9 Å². The van der Waals surface area contributed by atoms with Crippen molar-refractivity contribution in [1.82, 2.24) is 19.9 Å². The molecule has 26 heavy (non-hydrogen) atoms. The van der Waals surface area contributed by atoms with E-state index in [9.17, 15) is 4.79 Å². The van der Waals surface area contributed by atoms with Gasteiger partial charge in [0.2, 0.25) is 0 Å². The summed E-state index contributed by atoms with van der Waals surface area (Å²) < 4.78 is 6.45. The van der Waals surface area contributed by atoms with Crippen LogP contribution in [0.2, 0.25) is 0 Å². The zero-order valence-corrected chi connectivity index (χ0v) is 14.7. The summed E-state index contributed by atoms with van der Waals surface area (Å²) in [6.45, 7) is 2.08. The summed E-state index contributed by atoms with van der Waals surface area (Å²) in [6.07, 6.45) is 6.41. The first kappa shape index (κ1) is 16.3. The summed E-state index contributed by atoms with van der Waals surface area (Å²) in [5.41, 5.74) is 3.32. The molecule has 0 fully saturated rings. The first-order chi connectivity index (χ1) is 12.7. The van der Waals surface area contributed by atoms with E-state index in [4.69, 9.17) is 4.74 Å². The summed E-state index contributed by atoms with van der Waals surface area (Å²) in [5, 5.41) is 0.642. The summed E-state index contributed by atoms with van der Waals surface area (Å²) >= 11 is 1.47. The summed E-state index contributed by atoms with van der Waals surface area (Å²) in [7, 11) is 0. The van der Waals surface area contributed by atoms with Gasteiger partial charge in [0.25, 0.3) is 0 Å². The minimum atomic E-state index is -0.532. The van der Waals surface area contributed by atoms with Crippen LogP contribution in [0.3, 0.4) is 0 Å². The monoisotopic (exact) mass is 362 g/mol. The van der Waals surface area contributed by atoms with Gasteiger partial charge in [0.15, 0.2) is 5.69 Å². The molecular weight excluding hydrogens is 348 g/mol. The molecular formula is C19H14N4O2S. The fourth-order valence-corrected chi connectivity index (χ4v) is 3.44. The Morgan fingerprint density at radius 3 is 2.81 bits per heavy atom. The highest BCUT2D eigenvalue weighted by atomic mass is 32.1. The van der Waals surface area contributed by atoms with E-state index in [0.29, 0.717) is 10.7 Å². The maximum absolute atomic E-state index is 12.6. The highest BCUT2D eigenvalue weighted by Gasteiger charge is 2.20. The number of benzene rings is 1. The van der Waals surface area contributed by atoms with Gasteiger partial charge in [-0.1, -0.05) is 12.1 Å². The van der Waals surface area contributed by atoms with Crippen molar-refractivity contribution in [3.8, 4) is 10.7 Å². The molecule has 128 valence electrons. The second-order valence-corrected chi connectivity index (χ2v) is 6.65. The number of carbonyl (C=O) groups is 1. The predicted octanol–water partition coefficient (Wildman–Crippen LogP) is 3.81. The molecule has 0 saturated heterocycles. The van der Waals surface area contributed by atoms with Gasteiger partial charge in [-0.2, -0.15) is 0 Å². The van der Waals surface area contributed by atoms with Crippen LogP contribution in [0.4, 0.5) is 0 Å². The van der Waals surface area contributed by atoms with E-state index >= 15 is 0 Å². The van der Waals surface area contributed by atoms with Gasteiger partial charge in [0.1, 0.15) is 17.3 Å². The van der Waals surface area contributed by atoms with E-state index in [2.05, 4.69) is 19.9 Å². The van der Waals surface area contributed by atoms with Crippen LogP contribution in [-0.2, 0) is 11.3 Å². The molecule has 1 aromatic carbocycles. The molecule has 4 rings (SSSR count). The molecule has 0 aliphatic heterocycles. The van der Waals surface area contributed by atoms with Crippen LogP contribution < -0.4 is 0 Å². The smallest absolute Gasteiger partial charge is 0.359 e. The number of hydrogen-bond acceptors (Lipinski definition) is 7. The van der Waals surface area contributed by atoms with Crippen LogP contribution in [0, 0.1) is 6.92 Å². The maximum Gasteiger partial charge on any atom is 0.359 e. The first-order valence-corrected chi connectivity index (χ1v) is 8.77. The molecule has 0 atom stereocenters. The standard InChI is InChI=1S/C19H14N4O2S/c1-12-6-7-20-10-13(12)11-25-19(24)17-16(21-8-9-22-17)18-23-14-4-2-3-5-15(14)26-18/h2-10H,11H2,1H3. The predicted molar refractivity (Wildman–Crippen MR) is 98.7 cm³/mol. The van der Waals surface area contributed by atoms with Gasteiger partial charge in [-0.3, -0.25) is 4.98 Å². The van der Waals surface area contributed by atoms with E-state index in [1.165, 1.54) is 17.5 Å². The number of nitrogens with zero attached hydrogens (tertiary/aromatic N) is 4. The van der Waals surface area contributed by atoms with Crippen LogP contribution in [0.15, 0.2) is 55.1 Å². The van der Waals surface area contributed by atoms with Crippen LogP contribution in [0.1, 0.15) is 21.6 Å². The topological polar surface area (TPSA) is 77.9 Å². The van der Waals surface area contributed by atoms with E-state index in [0.717, 1.165) is 21.3 Å². The van der Waals surface area contributed by atoms with E-state index in [1.54, 1.807) is 18.6 Å². The van der Waals surface area contributed by atoms with Gasteiger partial charge >= 0.3 is 5.97 Å². The highest BCUT2D eigenvalue weighted by molar-refractivity contribution is 7.21. The Kier molecular flexibility index (Phi) is 4.37. The number of thiazole rings is 1. The molecule has 6 nitrogen and oxygen atoms in total. The maximum atomic E-state index is 12.6. The molecule has 3 heterocycles. The van der Waals surface area contributed by atoms with Crippen molar-refractivity contribution < 1.29 is 9.53 Å². The Morgan fingerprint density at radius 2 is 1.96 bits per heavy atom. The van der Waals surface area contributed by atoms with E-state index in [1.807, 2.05) is 37.3 Å². The zero-order valence-electron chi connectivity index (χ0n) is 13.9. The van der Waals surface area contributed by atoms with Gasteiger partial charge in [0, 0.05) is 30.4 Å². The SMILES string of the molecule is Cc1ccncc1COC(=O)c1nccnc1-c1nc2ccccc2s1. The Labute approximate surface area is 153 Å². The number of aryl methyl sites for hydroxylation is 1. The third-order valence-electron chi connectivity index (χ3n) is 3.89. The molecule has 0 aliphatic carbocycles. The molecule has 0 spiro atoms. The third-order valence-corrected chi connectivity index (χ3v) is 4.94. The summed E-state index contributed by atoms with van der Waals surface area (Å²) in [4.78, 5) is 29.7. The van der Waals surface area contributed by atoms with E-state index in [-0.39, 0.29) is 12.3 Å². The van der Waals surface area contributed by atoms with Crippen molar-refractivity contribution in [2.24, 2.45) is 0 Å². The minimum absolute atomic E-state index is 0.133. The Hall–Kier alpha value is -3.19. The van der Waals surface area contributed by atoms with Crippen LogP contribution in [0.25, 0.3) is 20.9 Å². The fraction of sp³-hybridized carbons (Fsp3) is 0.105. The average molecular weight is 362 g/mol. The quantitative estimate of drug-likeness (QED) is 0.514. The van der Waals surface area contributed by atoms with Gasteiger partial charge in [0.05, 0.1) is 10.2 Å². The number of hydrogen-bond donors (Lipinski definition) is 0. The molecule has 0 amide bonds. The number of ether oxygens (including phenoxy) is 1. The summed E-state index contributed by atoms with van der Waals surface area (Å²) in [5.74, 6) is -0.532. The molecule has 0 bridgehead atoms. The van der Waals surface area contributed by atoms with Crippen molar-refractivity contribution in [2.75, 3.05) is 0 Å². The number of para-hydroxylation sites is 1. The fourth-order valence-electron chi connectivity index (χ4n) is 2.48. The van der Waals surface area contributed by atoms with Gasteiger partial charge < -0.3 is 4.74 Å². The first-order valence-electron chi connectivity index (χ1n) is 7.96. The molecule has 0 radical (unpaired) electrons. The molecule has 0 saturated carbocycles. The lowest BCUT2D eigenvalue weighted by molar-refractivity contribution is 0.0465. The number of carbonyl (C=O) groups excluding carboxylic acids is 1. The molecule has 0 unspecified atom stereocenters. The van der Waals surface area contributed by atoms with Gasteiger partial charge in [-0.25, -0.2) is 19.7 Å². The average Bonchev–Trinajstić information content (AvgIpc) is 3.11. The largest absolute Gasteiger partial charge is 0.456 e. The lowest BCUT2D eigenvalue weighted by atomic mass is 10.2. The lowest BCUT2D eigenvalue weighted by Crippen LogP contribution is -2.10. The molecule has 7 heteroatoms. The Morgan fingerprint density at radius 1 is 1.12 bits per heavy atom. The second kappa shape index (κ2) is 6.97. The van der Waals surface area contributed by atoms with Crippen molar-refractivity contribution in [3.05, 3.63) is 71.9 Å². The van der Waals surface area contributed by atoms with Crippen molar-refractivity contribution in [2.45, 2.75) is 13.5 Å². The number of pyridine rings is 1. The van der Waals surface area contributed by atoms with Crippen molar-refractivity contribution >= 4 is 27.5 Å². The number of fused-ring (bicyclic) bond motifs is 1. The van der Waals surface area contributed by atoms with E-state index < -0.39 is 5.97 Å². The lowest BCUT2D eigenvalue weighted by Gasteiger charge is -2.08. The zero-order chi connectivity index (χ0) is 17.9. The van der Waals surface area contributed by atoms with Gasteiger partial charge in [-0.05, 0) is 30.7 Å². The van der Waals surface area contributed by atoms with Gasteiger partial charge in [-0.15, -0.1) is 11.3 Å². The second-order valence-electron chi connectivity index (χ2n) is 5.62. The molecule has 0 aliphatic rings. The minimum Gasteiger partial charge on any atom is -0.456 e. The molecule has 4 aromatic rings. The Balaban J connectivity index is 1.63. The summed E-state index contributed by atoms with van der Waals surface area (Å²) in [6, 6.07) is 9.66. The Bertz CT molecular complexity index is 1060. The normalized spacial score (nSPS) is 10.8. The highest BCUT2D eigenvalue weighted by Crippen LogP contribution is 2.30. The van der Waals surface area contributed by atoms with Crippen molar-refractivity contribution in [3.63, 3.8) is 0 Å². The van der Waals surface area contributed by atoms with Crippen molar-refractivity contribution in [1.29, 1.82) is 0 Å². The number of esters is 1. The third kappa shape index (κ3) is 3.16. The van der Waals surface area contributed by atoms with Crippen LogP contribution >= 0.6 is 11.3 Å². The van der Waals surface area contributed by atoms with Crippen LogP contribution in [0.5, 0.6) is 0 Å². The number of rotatable bonds is 4. The molecule has 0 N–H and O–H groups in total.